The standard InChI is InChI=1S/C29H21BrN2O/c30-27-26(33)17-16-24-28(27)32-25(21-12-6-2-7-13-21)18-22(20-10-4-1-5-11-20)19-29(32,31-24)23-14-8-3-9-15-23/h1-18,22H,19H2. The van der Waals surface area contributed by atoms with Crippen LogP contribution in [0.15, 0.2) is 124 Å². The topological polar surface area (TPSA) is 32.7 Å². The summed E-state index contributed by atoms with van der Waals surface area (Å²) in [5.74, 6) is 0.131. The Labute approximate surface area is 201 Å². The van der Waals surface area contributed by atoms with Gasteiger partial charge in [-0.05, 0) is 39.2 Å². The van der Waals surface area contributed by atoms with Crippen molar-refractivity contribution in [1.82, 2.24) is 4.90 Å². The lowest BCUT2D eigenvalue weighted by Gasteiger charge is -2.46. The minimum atomic E-state index is -0.652. The average molecular weight is 493 g/mol. The highest BCUT2D eigenvalue weighted by atomic mass is 79.9. The molecule has 33 heavy (non-hydrogen) atoms. The predicted molar refractivity (Wildman–Crippen MR) is 136 cm³/mol. The Morgan fingerprint density at radius 1 is 0.848 bits per heavy atom. The maximum absolute atomic E-state index is 12.7. The molecule has 0 N–H and O–H groups in total. The number of allylic oxidation sites excluding steroid dienone is 4. The fraction of sp³-hybridized carbons (Fsp3) is 0.103. The van der Waals surface area contributed by atoms with Crippen LogP contribution < -0.4 is 0 Å². The second-order valence-electron chi connectivity index (χ2n) is 8.51. The molecule has 2 atom stereocenters. The number of halogens is 1. The quantitative estimate of drug-likeness (QED) is 0.387. The van der Waals surface area contributed by atoms with Gasteiger partial charge in [-0.3, -0.25) is 9.79 Å². The highest BCUT2D eigenvalue weighted by Gasteiger charge is 2.52. The molecule has 0 saturated carbocycles. The lowest BCUT2D eigenvalue weighted by molar-refractivity contribution is -0.110. The van der Waals surface area contributed by atoms with E-state index in [4.69, 9.17) is 4.99 Å². The molecule has 0 aromatic heterocycles. The molecule has 160 valence electrons. The molecule has 3 nitrogen and oxygen atoms in total. The van der Waals surface area contributed by atoms with Crippen LogP contribution in [0.25, 0.3) is 5.70 Å². The zero-order valence-electron chi connectivity index (χ0n) is 17.9. The lowest BCUT2D eigenvalue weighted by atomic mass is 9.79. The number of fused-ring (bicyclic) bond motifs is 3. The number of ketones is 1. The molecular weight excluding hydrogens is 472 g/mol. The first-order chi connectivity index (χ1) is 16.2. The first kappa shape index (κ1) is 20.1. The first-order valence-corrected chi connectivity index (χ1v) is 11.9. The largest absolute Gasteiger partial charge is 0.309 e. The molecule has 0 radical (unpaired) electrons. The van der Waals surface area contributed by atoms with Gasteiger partial charge in [0.1, 0.15) is 0 Å². The van der Waals surface area contributed by atoms with E-state index in [1.54, 1.807) is 6.08 Å². The summed E-state index contributed by atoms with van der Waals surface area (Å²) in [5, 5.41) is 0. The minimum absolute atomic E-state index is 0.0367. The minimum Gasteiger partial charge on any atom is -0.309 e. The third kappa shape index (κ3) is 3.17. The zero-order valence-corrected chi connectivity index (χ0v) is 19.4. The highest BCUT2D eigenvalue weighted by Crippen LogP contribution is 2.55. The van der Waals surface area contributed by atoms with E-state index in [2.05, 4.69) is 106 Å². The monoisotopic (exact) mass is 492 g/mol. The van der Waals surface area contributed by atoms with Crippen molar-refractivity contribution >= 4 is 33.1 Å². The van der Waals surface area contributed by atoms with Gasteiger partial charge in [0.05, 0.1) is 15.9 Å². The Bertz CT molecular complexity index is 1360. The second-order valence-corrected chi connectivity index (χ2v) is 9.31. The van der Waals surface area contributed by atoms with Gasteiger partial charge in [0.15, 0.2) is 11.4 Å². The van der Waals surface area contributed by atoms with E-state index in [9.17, 15) is 4.79 Å². The van der Waals surface area contributed by atoms with Crippen molar-refractivity contribution < 1.29 is 4.79 Å². The van der Waals surface area contributed by atoms with Crippen molar-refractivity contribution in [2.24, 2.45) is 4.99 Å². The van der Waals surface area contributed by atoms with Gasteiger partial charge in [-0.2, -0.15) is 0 Å². The van der Waals surface area contributed by atoms with E-state index in [1.807, 2.05) is 18.2 Å². The smallest absolute Gasteiger partial charge is 0.195 e. The fourth-order valence-corrected chi connectivity index (χ4v) is 5.64. The van der Waals surface area contributed by atoms with Gasteiger partial charge < -0.3 is 4.90 Å². The van der Waals surface area contributed by atoms with Gasteiger partial charge in [0.2, 0.25) is 0 Å². The van der Waals surface area contributed by atoms with Crippen LogP contribution in [-0.4, -0.2) is 16.4 Å². The molecule has 3 aromatic carbocycles. The highest BCUT2D eigenvalue weighted by molar-refractivity contribution is 9.12. The molecule has 4 heteroatoms. The van der Waals surface area contributed by atoms with Gasteiger partial charge >= 0.3 is 0 Å². The fourth-order valence-electron chi connectivity index (χ4n) is 5.13. The molecule has 2 heterocycles. The summed E-state index contributed by atoms with van der Waals surface area (Å²) in [4.78, 5) is 20.3. The molecular formula is C29H21BrN2O. The van der Waals surface area contributed by atoms with Gasteiger partial charge in [-0.1, -0.05) is 97.1 Å². The van der Waals surface area contributed by atoms with Crippen LogP contribution in [0.3, 0.4) is 0 Å². The van der Waals surface area contributed by atoms with E-state index in [0.29, 0.717) is 4.48 Å². The number of nitrogens with zero attached hydrogens (tertiary/aromatic N) is 2. The van der Waals surface area contributed by atoms with Gasteiger partial charge in [0, 0.05) is 23.6 Å². The van der Waals surface area contributed by atoms with Crippen LogP contribution in [0.5, 0.6) is 0 Å². The van der Waals surface area contributed by atoms with Crippen molar-refractivity contribution in [2.45, 2.75) is 18.0 Å². The molecule has 2 unspecified atom stereocenters. The van der Waals surface area contributed by atoms with Gasteiger partial charge in [0.25, 0.3) is 0 Å². The van der Waals surface area contributed by atoms with Crippen molar-refractivity contribution in [2.75, 3.05) is 0 Å². The Morgan fingerprint density at radius 2 is 1.48 bits per heavy atom. The molecule has 0 saturated heterocycles. The van der Waals surface area contributed by atoms with E-state index in [-0.39, 0.29) is 11.7 Å². The Kier molecular flexibility index (Phi) is 4.77. The van der Waals surface area contributed by atoms with Crippen molar-refractivity contribution in [1.29, 1.82) is 0 Å². The Balaban J connectivity index is 1.66. The third-order valence-corrected chi connectivity index (χ3v) is 7.36. The molecule has 0 amide bonds. The van der Waals surface area contributed by atoms with E-state index >= 15 is 0 Å². The van der Waals surface area contributed by atoms with E-state index in [0.717, 1.165) is 34.7 Å². The van der Waals surface area contributed by atoms with Crippen LogP contribution in [0, 0.1) is 0 Å². The molecule has 3 aromatic rings. The molecule has 0 bridgehead atoms. The van der Waals surface area contributed by atoms with Gasteiger partial charge in [-0.25, -0.2) is 0 Å². The molecule has 2 aliphatic heterocycles. The van der Waals surface area contributed by atoms with E-state index < -0.39 is 5.66 Å². The summed E-state index contributed by atoms with van der Waals surface area (Å²) < 4.78 is 0.557. The Morgan fingerprint density at radius 3 is 2.18 bits per heavy atom. The number of aliphatic imine (C=N–C) groups is 1. The first-order valence-electron chi connectivity index (χ1n) is 11.1. The van der Waals surface area contributed by atoms with Crippen molar-refractivity contribution in [3.63, 3.8) is 0 Å². The van der Waals surface area contributed by atoms with Crippen LogP contribution in [-0.2, 0) is 10.5 Å². The number of carbonyl (C=O) groups is 1. The summed E-state index contributed by atoms with van der Waals surface area (Å²) >= 11 is 3.61. The van der Waals surface area contributed by atoms with Crippen LogP contribution in [0.2, 0.25) is 0 Å². The summed E-state index contributed by atoms with van der Waals surface area (Å²) in [6, 6.07) is 31.4. The van der Waals surface area contributed by atoms with Crippen molar-refractivity contribution in [3.05, 3.63) is 136 Å². The van der Waals surface area contributed by atoms with Gasteiger partial charge in [-0.15, -0.1) is 0 Å². The normalized spacial score (nSPS) is 23.7. The maximum Gasteiger partial charge on any atom is 0.195 e. The third-order valence-electron chi connectivity index (χ3n) is 6.60. The number of benzene rings is 3. The summed E-state index contributed by atoms with van der Waals surface area (Å²) in [6.07, 6.45) is 6.56. The number of hydrogen-bond acceptors (Lipinski definition) is 3. The molecule has 3 aliphatic rings. The summed E-state index contributed by atoms with van der Waals surface area (Å²) in [6.45, 7) is 0. The van der Waals surface area contributed by atoms with Crippen molar-refractivity contribution in [3.8, 4) is 0 Å². The molecule has 0 spiro atoms. The number of rotatable bonds is 3. The second kappa shape index (κ2) is 7.82. The SMILES string of the molecule is O=C1C=CC2=NC3(c4ccccc4)CC(c4ccccc4)C=C(c4ccccc4)N3C2=C1Br. The average Bonchev–Trinajstić information content (AvgIpc) is 3.23. The Hall–Kier alpha value is -3.50. The molecule has 1 aliphatic carbocycles. The lowest BCUT2D eigenvalue weighted by Crippen LogP contribution is -2.44. The number of hydrogen-bond donors (Lipinski definition) is 0. The maximum atomic E-state index is 12.7. The number of carbonyl (C=O) groups excluding carboxylic acids is 1. The predicted octanol–water partition coefficient (Wildman–Crippen LogP) is 6.57. The molecule has 0 fully saturated rings. The zero-order chi connectivity index (χ0) is 22.4. The molecule has 6 rings (SSSR count). The van der Waals surface area contributed by atoms with E-state index in [1.165, 1.54) is 5.56 Å². The summed E-state index contributed by atoms with van der Waals surface area (Å²) in [7, 11) is 0. The summed E-state index contributed by atoms with van der Waals surface area (Å²) in [5.41, 5.74) is 5.56. The van der Waals surface area contributed by atoms with Crippen LogP contribution in [0.4, 0.5) is 0 Å². The van der Waals surface area contributed by atoms with Crippen LogP contribution >= 0.6 is 15.9 Å². The van der Waals surface area contributed by atoms with Crippen LogP contribution in [0.1, 0.15) is 29.0 Å².